The van der Waals surface area contributed by atoms with Crippen LogP contribution in [0.1, 0.15) is 28.9 Å². The topological polar surface area (TPSA) is 69.7 Å². The number of hydrogen-bond acceptors (Lipinski definition) is 4. The van der Waals surface area contributed by atoms with Crippen LogP contribution in [0.25, 0.3) is 0 Å². The van der Waals surface area contributed by atoms with Crippen molar-refractivity contribution in [3.8, 4) is 0 Å². The monoisotopic (exact) mass is 421 g/mol. The van der Waals surface area contributed by atoms with Gasteiger partial charge in [0.25, 0.3) is 5.91 Å². The minimum Gasteiger partial charge on any atom is -0.346 e. The van der Waals surface area contributed by atoms with Crippen molar-refractivity contribution in [3.63, 3.8) is 0 Å². The molecule has 0 spiro atoms. The van der Waals surface area contributed by atoms with Gasteiger partial charge >= 0.3 is 0 Å². The summed E-state index contributed by atoms with van der Waals surface area (Å²) in [5, 5.41) is 3.02. The number of piperazine rings is 1. The number of sulfonamides is 1. The second-order valence-electron chi connectivity index (χ2n) is 6.96. The Morgan fingerprint density at radius 3 is 2.36 bits per heavy atom. The van der Waals surface area contributed by atoms with Gasteiger partial charge in [-0.2, -0.15) is 4.31 Å². The van der Waals surface area contributed by atoms with Crippen LogP contribution in [0.3, 0.4) is 0 Å². The molecule has 1 unspecified atom stereocenters. The summed E-state index contributed by atoms with van der Waals surface area (Å²) in [6, 6.07) is 13.7. The van der Waals surface area contributed by atoms with E-state index in [0.29, 0.717) is 26.2 Å². The zero-order valence-electron chi connectivity index (χ0n) is 15.9. The Labute approximate surface area is 171 Å². The molecule has 0 aromatic heterocycles. The van der Waals surface area contributed by atoms with Gasteiger partial charge in [0.1, 0.15) is 4.90 Å². The molecule has 8 heteroatoms. The van der Waals surface area contributed by atoms with E-state index in [1.54, 1.807) is 6.07 Å². The van der Waals surface area contributed by atoms with Gasteiger partial charge in [-0.15, -0.1) is 0 Å². The zero-order valence-corrected chi connectivity index (χ0v) is 17.5. The fraction of sp³-hybridized carbons (Fsp3) is 0.350. The number of carbonyl (C=O) groups is 1. The molecule has 1 fully saturated rings. The molecule has 150 valence electrons. The third-order valence-corrected chi connectivity index (χ3v) is 7.30. The quantitative estimate of drug-likeness (QED) is 0.805. The van der Waals surface area contributed by atoms with Gasteiger partial charge in [-0.3, -0.25) is 4.79 Å². The Morgan fingerprint density at radius 2 is 1.71 bits per heavy atom. The SMILES string of the molecule is CC(NC(=O)c1ccc(Cl)c(S(=O)(=O)N2CCN(C)CC2)c1)c1ccccc1. The van der Waals surface area contributed by atoms with E-state index >= 15 is 0 Å². The molecule has 0 bridgehead atoms. The molecule has 0 aliphatic carbocycles. The molecular weight excluding hydrogens is 398 g/mol. The molecule has 3 rings (SSSR count). The van der Waals surface area contributed by atoms with E-state index < -0.39 is 10.0 Å². The molecule has 6 nitrogen and oxygen atoms in total. The summed E-state index contributed by atoms with van der Waals surface area (Å²) in [7, 11) is -1.80. The minimum absolute atomic E-state index is 0.0290. The second-order valence-corrected chi connectivity index (χ2v) is 9.27. The highest BCUT2D eigenvalue weighted by molar-refractivity contribution is 7.89. The zero-order chi connectivity index (χ0) is 20.3. The first-order chi connectivity index (χ1) is 13.3. The van der Waals surface area contributed by atoms with Gasteiger partial charge in [0.15, 0.2) is 0 Å². The molecule has 1 aliphatic heterocycles. The van der Waals surface area contributed by atoms with Crippen LogP contribution in [0.4, 0.5) is 0 Å². The number of likely N-dealkylation sites (N-methyl/N-ethyl adjacent to an activating group) is 1. The van der Waals surface area contributed by atoms with Crippen molar-refractivity contribution in [2.45, 2.75) is 17.9 Å². The fourth-order valence-corrected chi connectivity index (χ4v) is 5.04. The lowest BCUT2D eigenvalue weighted by molar-refractivity contribution is 0.0939. The van der Waals surface area contributed by atoms with E-state index in [9.17, 15) is 13.2 Å². The smallest absolute Gasteiger partial charge is 0.251 e. The van der Waals surface area contributed by atoms with Crippen LogP contribution in [0.2, 0.25) is 5.02 Å². The number of rotatable bonds is 5. The standard InChI is InChI=1S/C20H24ClN3O3S/c1-15(16-6-4-3-5-7-16)22-20(25)17-8-9-18(21)19(14-17)28(26,27)24-12-10-23(2)11-13-24/h3-9,14-15H,10-13H2,1-2H3,(H,22,25). The molecule has 0 saturated carbocycles. The number of benzene rings is 2. The molecule has 2 aromatic carbocycles. The van der Waals surface area contributed by atoms with Gasteiger partial charge in [-0.1, -0.05) is 41.9 Å². The lowest BCUT2D eigenvalue weighted by Gasteiger charge is -2.31. The molecule has 1 N–H and O–H groups in total. The fourth-order valence-electron chi connectivity index (χ4n) is 3.11. The largest absolute Gasteiger partial charge is 0.346 e. The van der Waals surface area contributed by atoms with Crippen molar-refractivity contribution < 1.29 is 13.2 Å². The third kappa shape index (κ3) is 4.55. The van der Waals surface area contributed by atoms with Gasteiger partial charge in [0.2, 0.25) is 10.0 Å². The van der Waals surface area contributed by atoms with Crippen molar-refractivity contribution in [1.82, 2.24) is 14.5 Å². The van der Waals surface area contributed by atoms with Gasteiger partial charge in [-0.25, -0.2) is 8.42 Å². The molecule has 1 atom stereocenters. The van der Waals surface area contributed by atoms with Crippen LogP contribution in [-0.4, -0.2) is 56.8 Å². The Bertz CT molecular complexity index is 942. The maximum Gasteiger partial charge on any atom is 0.251 e. The average molecular weight is 422 g/mol. The Hall–Kier alpha value is -1.93. The van der Waals surface area contributed by atoms with Crippen LogP contribution < -0.4 is 5.32 Å². The molecular formula is C20H24ClN3O3S. The first-order valence-electron chi connectivity index (χ1n) is 9.13. The van der Waals surface area contributed by atoms with Gasteiger partial charge < -0.3 is 10.2 Å². The molecule has 0 radical (unpaired) electrons. The van der Waals surface area contributed by atoms with Crippen LogP contribution in [0.5, 0.6) is 0 Å². The van der Waals surface area contributed by atoms with Crippen molar-refractivity contribution >= 4 is 27.5 Å². The van der Waals surface area contributed by atoms with Crippen LogP contribution >= 0.6 is 11.6 Å². The van der Waals surface area contributed by atoms with E-state index in [1.807, 2.05) is 44.3 Å². The predicted octanol–water partition coefficient (Wildman–Crippen LogP) is 2.77. The number of hydrogen-bond donors (Lipinski definition) is 1. The molecule has 28 heavy (non-hydrogen) atoms. The highest BCUT2D eigenvalue weighted by Gasteiger charge is 2.30. The van der Waals surface area contributed by atoms with E-state index in [2.05, 4.69) is 10.2 Å². The Morgan fingerprint density at radius 1 is 1.07 bits per heavy atom. The predicted molar refractivity (Wildman–Crippen MR) is 110 cm³/mol. The first kappa shape index (κ1) is 20.8. The summed E-state index contributed by atoms with van der Waals surface area (Å²) in [5.41, 5.74) is 1.23. The summed E-state index contributed by atoms with van der Waals surface area (Å²) in [6.07, 6.45) is 0. The maximum absolute atomic E-state index is 13.0. The summed E-state index contributed by atoms with van der Waals surface area (Å²) in [5.74, 6) is -0.345. The number of amides is 1. The Kier molecular flexibility index (Phi) is 6.40. The third-order valence-electron chi connectivity index (χ3n) is 4.92. The van der Waals surface area contributed by atoms with Crippen molar-refractivity contribution in [3.05, 3.63) is 64.7 Å². The van der Waals surface area contributed by atoms with Crippen LogP contribution in [-0.2, 0) is 10.0 Å². The van der Waals surface area contributed by atoms with Gasteiger partial charge in [0, 0.05) is 31.7 Å². The number of carbonyl (C=O) groups excluding carboxylic acids is 1. The lowest BCUT2D eigenvalue weighted by Crippen LogP contribution is -2.47. The van der Waals surface area contributed by atoms with Gasteiger partial charge in [-0.05, 0) is 37.7 Å². The first-order valence-corrected chi connectivity index (χ1v) is 10.9. The van der Waals surface area contributed by atoms with E-state index in [4.69, 9.17) is 11.6 Å². The summed E-state index contributed by atoms with van der Waals surface area (Å²) in [6.45, 7) is 4.00. The molecule has 1 saturated heterocycles. The minimum atomic E-state index is -3.76. The number of nitrogens with zero attached hydrogens (tertiary/aromatic N) is 2. The Balaban J connectivity index is 1.82. The van der Waals surface area contributed by atoms with Crippen molar-refractivity contribution in [2.75, 3.05) is 33.2 Å². The average Bonchev–Trinajstić information content (AvgIpc) is 2.69. The van der Waals surface area contributed by atoms with Crippen molar-refractivity contribution in [1.29, 1.82) is 0 Å². The normalized spacial score (nSPS) is 17.2. The summed E-state index contributed by atoms with van der Waals surface area (Å²) < 4.78 is 27.5. The second kappa shape index (κ2) is 8.61. The number of nitrogens with one attached hydrogen (secondary N) is 1. The maximum atomic E-state index is 13.0. The van der Waals surface area contributed by atoms with E-state index in [0.717, 1.165) is 5.56 Å². The van der Waals surface area contributed by atoms with Crippen LogP contribution in [0, 0.1) is 0 Å². The van der Waals surface area contributed by atoms with Crippen molar-refractivity contribution in [2.24, 2.45) is 0 Å². The molecule has 2 aromatic rings. The molecule has 1 heterocycles. The summed E-state index contributed by atoms with van der Waals surface area (Å²) in [4.78, 5) is 14.7. The highest BCUT2D eigenvalue weighted by Crippen LogP contribution is 2.27. The van der Waals surface area contributed by atoms with Gasteiger partial charge in [0.05, 0.1) is 11.1 Å². The molecule has 1 amide bonds. The van der Waals surface area contributed by atoms with E-state index in [1.165, 1.54) is 16.4 Å². The number of halogens is 1. The highest BCUT2D eigenvalue weighted by atomic mass is 35.5. The lowest BCUT2D eigenvalue weighted by atomic mass is 10.1. The summed E-state index contributed by atoms with van der Waals surface area (Å²) >= 11 is 6.19. The van der Waals surface area contributed by atoms with Crippen LogP contribution in [0.15, 0.2) is 53.4 Å². The van der Waals surface area contributed by atoms with E-state index in [-0.39, 0.29) is 27.4 Å². The molecule has 1 aliphatic rings.